The maximum Gasteiger partial charge on any atom is 0.123 e. The van der Waals surface area contributed by atoms with Gasteiger partial charge in [-0.25, -0.2) is 4.39 Å². The first-order chi connectivity index (χ1) is 6.09. The van der Waals surface area contributed by atoms with E-state index >= 15 is 0 Å². The molecule has 0 saturated heterocycles. The van der Waals surface area contributed by atoms with Crippen LogP contribution in [0.4, 0.5) is 4.39 Å². The summed E-state index contributed by atoms with van der Waals surface area (Å²) in [5.41, 5.74) is 7.25. The summed E-state index contributed by atoms with van der Waals surface area (Å²) in [5, 5.41) is 0. The zero-order valence-corrected chi connectivity index (χ0v) is 8.73. The molecule has 0 radical (unpaired) electrons. The number of benzene rings is 1. The summed E-state index contributed by atoms with van der Waals surface area (Å²) < 4.78 is 18.2. The van der Waals surface area contributed by atoms with Gasteiger partial charge < -0.3 is 10.5 Å². The van der Waals surface area contributed by atoms with Crippen molar-refractivity contribution < 1.29 is 9.13 Å². The van der Waals surface area contributed by atoms with Gasteiger partial charge >= 0.3 is 0 Å². The van der Waals surface area contributed by atoms with Crippen molar-refractivity contribution in [2.24, 2.45) is 5.73 Å². The first-order valence-electron chi connectivity index (χ1n) is 4.25. The van der Waals surface area contributed by atoms with Crippen molar-refractivity contribution in [3.8, 4) is 0 Å². The zero-order valence-electron chi connectivity index (χ0n) is 7.92. The van der Waals surface area contributed by atoms with Crippen LogP contribution in [0, 0.1) is 5.82 Å². The molecule has 14 heavy (non-hydrogen) atoms. The fraction of sp³-hybridized carbons (Fsp3) is 0.400. The van der Waals surface area contributed by atoms with Crippen LogP contribution < -0.4 is 5.73 Å². The monoisotopic (exact) mass is 217 g/mol. The fourth-order valence-corrected chi connectivity index (χ4v) is 1.66. The molecule has 0 fully saturated rings. The van der Waals surface area contributed by atoms with Crippen LogP contribution in [-0.4, -0.2) is 6.61 Å². The van der Waals surface area contributed by atoms with Gasteiger partial charge in [0.2, 0.25) is 0 Å². The minimum Gasteiger partial charge on any atom is -0.375 e. The lowest BCUT2D eigenvalue weighted by atomic mass is 9.88. The van der Waals surface area contributed by atoms with Gasteiger partial charge in [0, 0.05) is 0 Å². The largest absolute Gasteiger partial charge is 0.375 e. The van der Waals surface area contributed by atoms with E-state index in [9.17, 15) is 4.39 Å². The molecule has 1 atom stereocenters. The molecule has 0 spiro atoms. The van der Waals surface area contributed by atoms with Gasteiger partial charge in [-0.2, -0.15) is 0 Å². The van der Waals surface area contributed by atoms with E-state index in [1.807, 2.05) is 6.92 Å². The van der Waals surface area contributed by atoms with Crippen molar-refractivity contribution in [2.75, 3.05) is 6.61 Å². The van der Waals surface area contributed by atoms with Crippen LogP contribution in [0.15, 0.2) is 18.2 Å². The summed E-state index contributed by atoms with van der Waals surface area (Å²) in [6.07, 6.45) is 0. The molecule has 1 aromatic rings. The lowest BCUT2D eigenvalue weighted by Gasteiger charge is -2.32. The summed E-state index contributed by atoms with van der Waals surface area (Å²) in [6.45, 7) is 2.83. The summed E-state index contributed by atoms with van der Waals surface area (Å²) in [4.78, 5) is 0. The number of halogens is 2. The number of nitrogens with two attached hydrogens (primary N) is 1. The Morgan fingerprint density at radius 1 is 1.50 bits per heavy atom. The van der Waals surface area contributed by atoms with Crippen molar-refractivity contribution in [1.82, 2.24) is 0 Å². The van der Waals surface area contributed by atoms with Crippen LogP contribution in [0.25, 0.3) is 0 Å². The van der Waals surface area contributed by atoms with E-state index in [2.05, 4.69) is 0 Å². The van der Waals surface area contributed by atoms with Crippen molar-refractivity contribution in [3.63, 3.8) is 0 Å². The number of ether oxygens (including phenoxy) is 1. The Morgan fingerprint density at radius 2 is 2.21 bits per heavy atom. The molecular weight excluding hydrogens is 205 g/mol. The molecule has 1 aliphatic rings. The zero-order chi connectivity index (χ0) is 9.47. The summed E-state index contributed by atoms with van der Waals surface area (Å²) in [6, 6.07) is 4.66. The van der Waals surface area contributed by atoms with Gasteiger partial charge in [-0.15, -0.1) is 12.4 Å². The highest BCUT2D eigenvalue weighted by Crippen LogP contribution is 2.28. The topological polar surface area (TPSA) is 35.2 Å². The highest BCUT2D eigenvalue weighted by molar-refractivity contribution is 5.85. The fourth-order valence-electron chi connectivity index (χ4n) is 1.66. The van der Waals surface area contributed by atoms with Gasteiger partial charge in [-0.3, -0.25) is 0 Å². The molecule has 1 heterocycles. The Morgan fingerprint density at radius 3 is 2.93 bits per heavy atom. The van der Waals surface area contributed by atoms with Crippen LogP contribution in [0.1, 0.15) is 18.1 Å². The average molecular weight is 218 g/mol. The molecule has 2 rings (SSSR count). The molecule has 2 N–H and O–H groups in total. The third kappa shape index (κ3) is 1.90. The molecule has 4 heteroatoms. The molecule has 0 bridgehead atoms. The molecule has 0 saturated carbocycles. The highest BCUT2D eigenvalue weighted by Gasteiger charge is 2.28. The summed E-state index contributed by atoms with van der Waals surface area (Å²) in [7, 11) is 0. The maximum atomic E-state index is 12.9. The van der Waals surface area contributed by atoms with Crippen molar-refractivity contribution in [3.05, 3.63) is 35.1 Å². The number of hydrogen-bond donors (Lipinski definition) is 1. The molecule has 1 aromatic carbocycles. The van der Waals surface area contributed by atoms with Gasteiger partial charge in [0.15, 0.2) is 0 Å². The van der Waals surface area contributed by atoms with Crippen LogP contribution in [-0.2, 0) is 16.9 Å². The van der Waals surface area contributed by atoms with E-state index in [-0.39, 0.29) is 18.2 Å². The first-order valence-corrected chi connectivity index (χ1v) is 4.25. The smallest absolute Gasteiger partial charge is 0.123 e. The third-order valence-corrected chi connectivity index (χ3v) is 2.35. The minimum atomic E-state index is -0.560. The first kappa shape index (κ1) is 11.4. The Labute approximate surface area is 88.7 Å². The number of hydrogen-bond acceptors (Lipinski definition) is 2. The molecule has 0 aromatic heterocycles. The second-order valence-corrected chi connectivity index (χ2v) is 3.71. The lowest BCUT2D eigenvalue weighted by molar-refractivity contribution is 0.0596. The Hall–Kier alpha value is -0.640. The standard InChI is InChI=1S/C10H12FNO.ClH/c1-10(12)6-13-5-7-2-3-8(11)4-9(7)10;/h2-4H,5-6,12H2,1H3;1H. The molecule has 0 aliphatic carbocycles. The van der Waals surface area contributed by atoms with Gasteiger partial charge in [0.1, 0.15) is 5.82 Å². The predicted molar refractivity (Wildman–Crippen MR) is 54.8 cm³/mol. The normalized spacial score (nSPS) is 25.1. The van der Waals surface area contributed by atoms with Gasteiger partial charge in [0.05, 0.1) is 18.8 Å². The van der Waals surface area contributed by atoms with E-state index in [0.29, 0.717) is 13.2 Å². The van der Waals surface area contributed by atoms with E-state index in [0.717, 1.165) is 11.1 Å². The second-order valence-electron chi connectivity index (χ2n) is 3.71. The van der Waals surface area contributed by atoms with E-state index in [1.165, 1.54) is 12.1 Å². The van der Waals surface area contributed by atoms with Gasteiger partial charge in [-0.1, -0.05) is 6.07 Å². The van der Waals surface area contributed by atoms with Crippen molar-refractivity contribution in [1.29, 1.82) is 0 Å². The Bertz CT molecular complexity index is 341. The van der Waals surface area contributed by atoms with Crippen LogP contribution in [0.5, 0.6) is 0 Å². The Kier molecular flexibility index (Phi) is 3.14. The van der Waals surface area contributed by atoms with Crippen LogP contribution in [0.3, 0.4) is 0 Å². The molecule has 1 unspecified atom stereocenters. The molecule has 78 valence electrons. The second kappa shape index (κ2) is 3.85. The van der Waals surface area contributed by atoms with Crippen molar-refractivity contribution >= 4 is 12.4 Å². The molecule has 2 nitrogen and oxygen atoms in total. The van der Waals surface area contributed by atoms with E-state index in [1.54, 1.807) is 6.07 Å². The average Bonchev–Trinajstić information content (AvgIpc) is 2.06. The lowest BCUT2D eigenvalue weighted by Crippen LogP contribution is -2.41. The predicted octanol–water partition coefficient (Wildman–Crippen LogP) is 1.95. The Balaban J connectivity index is 0.000000980. The van der Waals surface area contributed by atoms with E-state index in [4.69, 9.17) is 10.5 Å². The van der Waals surface area contributed by atoms with E-state index < -0.39 is 5.54 Å². The van der Waals surface area contributed by atoms with Gasteiger partial charge in [0.25, 0.3) is 0 Å². The number of fused-ring (bicyclic) bond motifs is 1. The molecule has 1 aliphatic heterocycles. The maximum absolute atomic E-state index is 12.9. The highest BCUT2D eigenvalue weighted by atomic mass is 35.5. The number of rotatable bonds is 0. The van der Waals surface area contributed by atoms with Gasteiger partial charge in [-0.05, 0) is 30.2 Å². The molecule has 0 amide bonds. The summed E-state index contributed by atoms with van der Waals surface area (Å²) in [5.74, 6) is -0.239. The summed E-state index contributed by atoms with van der Waals surface area (Å²) >= 11 is 0. The minimum absolute atomic E-state index is 0. The third-order valence-electron chi connectivity index (χ3n) is 2.35. The van der Waals surface area contributed by atoms with Crippen molar-refractivity contribution in [2.45, 2.75) is 19.1 Å². The molecular formula is C10H13ClFNO. The van der Waals surface area contributed by atoms with Crippen LogP contribution >= 0.6 is 12.4 Å². The van der Waals surface area contributed by atoms with Crippen LogP contribution in [0.2, 0.25) is 0 Å². The SMILES string of the molecule is CC1(N)COCc2ccc(F)cc21.Cl. The quantitative estimate of drug-likeness (QED) is 0.721.